The van der Waals surface area contributed by atoms with E-state index in [1.165, 1.54) is 0 Å². The van der Waals surface area contributed by atoms with Gasteiger partial charge in [0.25, 0.3) is 0 Å². The second-order valence-electron chi connectivity index (χ2n) is 7.06. The van der Waals surface area contributed by atoms with E-state index in [0.29, 0.717) is 28.5 Å². The van der Waals surface area contributed by atoms with Crippen molar-refractivity contribution in [2.45, 2.75) is 32.7 Å². The van der Waals surface area contributed by atoms with Gasteiger partial charge in [0.05, 0.1) is 17.3 Å². The molecule has 4 heterocycles. The molecule has 0 N–H and O–H groups in total. The van der Waals surface area contributed by atoms with Crippen molar-refractivity contribution in [2.24, 2.45) is 0 Å². The molecule has 0 spiro atoms. The molecule has 4 aromatic rings. The van der Waals surface area contributed by atoms with Crippen molar-refractivity contribution in [1.29, 1.82) is 0 Å². The largest absolute Gasteiger partial charge is 0.307 e. The smallest absolute Gasteiger partial charge is 0.184 e. The highest BCUT2D eigenvalue weighted by molar-refractivity contribution is 6.31. The van der Waals surface area contributed by atoms with Gasteiger partial charge in [-0.25, -0.2) is 14.6 Å². The number of halogens is 1. The lowest BCUT2D eigenvalue weighted by atomic mass is 9.96. The summed E-state index contributed by atoms with van der Waals surface area (Å²) in [7, 11) is 0. The zero-order valence-corrected chi connectivity index (χ0v) is 15.5. The normalized spacial score (nSPS) is 12.0. The lowest BCUT2D eigenvalue weighted by molar-refractivity contribution is 0.543. The number of hydrogen-bond donors (Lipinski definition) is 0. The van der Waals surface area contributed by atoms with Gasteiger partial charge in [-0.05, 0) is 24.3 Å². The van der Waals surface area contributed by atoms with Crippen LogP contribution in [0.3, 0.4) is 0 Å². The van der Waals surface area contributed by atoms with Crippen LogP contribution in [0.4, 0.5) is 0 Å². The van der Waals surface area contributed by atoms with Crippen molar-refractivity contribution in [1.82, 2.24) is 34.5 Å². The first-order valence-corrected chi connectivity index (χ1v) is 8.66. The Hall–Kier alpha value is -2.80. The molecule has 7 nitrogen and oxygen atoms in total. The standard InChI is InChI=1S/C18H18ClN7/c1-18(2,3)17-21-15(25-9-4-5-10-25)14-16(22-17)26(24-23-14)11-13-12(19)7-6-8-20-13/h4-10H,11H2,1-3H3. The number of pyridine rings is 1. The number of hydrogen-bond acceptors (Lipinski definition) is 5. The van der Waals surface area contributed by atoms with Crippen molar-refractivity contribution in [3.05, 3.63) is 59.4 Å². The summed E-state index contributed by atoms with van der Waals surface area (Å²) in [5.74, 6) is 1.44. The highest BCUT2D eigenvalue weighted by atomic mass is 35.5. The summed E-state index contributed by atoms with van der Waals surface area (Å²) in [5, 5.41) is 9.19. The molecule has 0 aliphatic heterocycles. The van der Waals surface area contributed by atoms with Crippen LogP contribution in [0.1, 0.15) is 32.3 Å². The Kier molecular flexibility index (Phi) is 3.96. The minimum Gasteiger partial charge on any atom is -0.307 e. The highest BCUT2D eigenvalue weighted by Gasteiger charge is 2.23. The predicted molar refractivity (Wildman–Crippen MR) is 99.5 cm³/mol. The Morgan fingerprint density at radius 3 is 2.54 bits per heavy atom. The zero-order valence-electron chi connectivity index (χ0n) is 14.8. The molecule has 8 heteroatoms. The molecular weight excluding hydrogens is 350 g/mol. The maximum absolute atomic E-state index is 6.25. The van der Waals surface area contributed by atoms with Gasteiger partial charge in [-0.15, -0.1) is 5.10 Å². The molecule has 0 fully saturated rings. The second-order valence-corrected chi connectivity index (χ2v) is 7.47. The molecule has 0 aliphatic carbocycles. The fourth-order valence-electron chi connectivity index (χ4n) is 2.62. The molecule has 0 aromatic carbocycles. The SMILES string of the molecule is CC(C)(C)c1nc(-n2cccc2)c2nnn(Cc3ncccc3Cl)c2n1. The summed E-state index contributed by atoms with van der Waals surface area (Å²) in [4.78, 5) is 13.8. The Bertz CT molecular complexity index is 1060. The third-order valence-electron chi connectivity index (χ3n) is 4.00. The minimum absolute atomic E-state index is 0.214. The molecule has 132 valence electrons. The molecule has 0 saturated carbocycles. The zero-order chi connectivity index (χ0) is 18.3. The van der Waals surface area contributed by atoms with Crippen LogP contribution < -0.4 is 0 Å². The predicted octanol–water partition coefficient (Wildman–Crippen LogP) is 3.41. The Balaban J connectivity index is 1.91. The molecule has 0 bridgehead atoms. The first-order chi connectivity index (χ1) is 12.4. The molecule has 0 radical (unpaired) electrons. The van der Waals surface area contributed by atoms with E-state index in [4.69, 9.17) is 21.6 Å². The van der Waals surface area contributed by atoms with Crippen LogP contribution in [0.25, 0.3) is 17.0 Å². The van der Waals surface area contributed by atoms with Gasteiger partial charge < -0.3 is 4.57 Å². The van der Waals surface area contributed by atoms with Crippen molar-refractivity contribution in [3.8, 4) is 5.82 Å². The van der Waals surface area contributed by atoms with E-state index in [1.807, 2.05) is 35.2 Å². The molecule has 0 unspecified atom stereocenters. The van der Waals surface area contributed by atoms with E-state index in [0.717, 1.165) is 11.5 Å². The lowest BCUT2D eigenvalue weighted by Gasteiger charge is -2.17. The van der Waals surface area contributed by atoms with Crippen LogP contribution in [-0.4, -0.2) is 34.5 Å². The van der Waals surface area contributed by atoms with Crippen molar-refractivity contribution >= 4 is 22.8 Å². The van der Waals surface area contributed by atoms with Crippen LogP contribution in [0.5, 0.6) is 0 Å². The van der Waals surface area contributed by atoms with Crippen LogP contribution in [0.15, 0.2) is 42.9 Å². The third kappa shape index (κ3) is 2.94. The highest BCUT2D eigenvalue weighted by Crippen LogP contribution is 2.25. The maximum atomic E-state index is 6.25. The fraction of sp³-hybridized carbons (Fsp3) is 0.278. The Morgan fingerprint density at radius 2 is 1.85 bits per heavy atom. The fourth-order valence-corrected chi connectivity index (χ4v) is 2.80. The van der Waals surface area contributed by atoms with Gasteiger partial charge in [-0.3, -0.25) is 4.98 Å². The van der Waals surface area contributed by atoms with Gasteiger partial charge in [-0.1, -0.05) is 37.6 Å². The molecular formula is C18H18ClN7. The van der Waals surface area contributed by atoms with Crippen molar-refractivity contribution in [3.63, 3.8) is 0 Å². The number of rotatable bonds is 3. The molecule has 4 aromatic heterocycles. The topological polar surface area (TPSA) is 74.3 Å². The van der Waals surface area contributed by atoms with E-state index in [1.54, 1.807) is 16.9 Å². The number of aromatic nitrogens is 7. The van der Waals surface area contributed by atoms with Gasteiger partial charge >= 0.3 is 0 Å². The maximum Gasteiger partial charge on any atom is 0.184 e. The summed E-state index contributed by atoms with van der Waals surface area (Å²) < 4.78 is 3.64. The summed E-state index contributed by atoms with van der Waals surface area (Å²) in [6, 6.07) is 7.50. The van der Waals surface area contributed by atoms with E-state index in [-0.39, 0.29) is 5.41 Å². The summed E-state index contributed by atoms with van der Waals surface area (Å²) in [6.45, 7) is 6.63. The summed E-state index contributed by atoms with van der Waals surface area (Å²) in [6.07, 6.45) is 5.58. The second kappa shape index (κ2) is 6.17. The molecule has 4 rings (SSSR count). The van der Waals surface area contributed by atoms with E-state index in [9.17, 15) is 0 Å². The van der Waals surface area contributed by atoms with Crippen molar-refractivity contribution in [2.75, 3.05) is 0 Å². The van der Waals surface area contributed by atoms with Gasteiger partial charge in [0, 0.05) is 24.0 Å². The quantitative estimate of drug-likeness (QED) is 0.554. The molecule has 0 saturated heterocycles. The monoisotopic (exact) mass is 367 g/mol. The first kappa shape index (κ1) is 16.7. The minimum atomic E-state index is -0.214. The van der Waals surface area contributed by atoms with Crippen LogP contribution in [-0.2, 0) is 12.0 Å². The Labute approximate surface area is 155 Å². The van der Waals surface area contributed by atoms with Crippen LogP contribution >= 0.6 is 11.6 Å². The number of nitrogens with zero attached hydrogens (tertiary/aromatic N) is 7. The van der Waals surface area contributed by atoms with Gasteiger partial charge in [0.2, 0.25) is 0 Å². The van der Waals surface area contributed by atoms with E-state index >= 15 is 0 Å². The van der Waals surface area contributed by atoms with Crippen LogP contribution in [0.2, 0.25) is 5.02 Å². The average Bonchev–Trinajstić information content (AvgIpc) is 3.25. The van der Waals surface area contributed by atoms with Gasteiger partial charge in [-0.2, -0.15) is 0 Å². The number of fused-ring (bicyclic) bond motifs is 1. The van der Waals surface area contributed by atoms with Gasteiger partial charge in [0.15, 0.2) is 17.0 Å². The lowest BCUT2D eigenvalue weighted by Crippen LogP contribution is -2.18. The first-order valence-electron chi connectivity index (χ1n) is 8.28. The third-order valence-corrected chi connectivity index (χ3v) is 4.34. The molecule has 0 aliphatic rings. The molecule has 0 atom stereocenters. The summed E-state index contributed by atoms with van der Waals surface area (Å²) in [5.41, 5.74) is 1.81. The van der Waals surface area contributed by atoms with Crippen molar-refractivity contribution < 1.29 is 0 Å². The molecule has 0 amide bonds. The van der Waals surface area contributed by atoms with E-state index in [2.05, 4.69) is 36.1 Å². The van der Waals surface area contributed by atoms with Crippen LogP contribution in [0, 0.1) is 0 Å². The molecule has 26 heavy (non-hydrogen) atoms. The average molecular weight is 368 g/mol. The van der Waals surface area contributed by atoms with Gasteiger partial charge in [0.1, 0.15) is 5.82 Å². The van der Waals surface area contributed by atoms with E-state index < -0.39 is 0 Å². The summed E-state index contributed by atoms with van der Waals surface area (Å²) >= 11 is 6.25. The Morgan fingerprint density at radius 1 is 1.08 bits per heavy atom.